The number of carbonyl (C=O) groups excluding carboxylic acids is 1. The Bertz CT molecular complexity index is 475. The number of benzene rings is 1. The van der Waals surface area contributed by atoms with Crippen molar-refractivity contribution in [3.8, 4) is 0 Å². The van der Waals surface area contributed by atoms with Crippen LogP contribution in [-0.2, 0) is 4.79 Å². The standard InChI is InChI=1S/C16H23FN2O/c1-11(2)6-5-9-19-15(18-12(3)16(19)20)13-7-4-8-14(17)10-13/h4,7-8,10-12,15,18H,5-6,9H2,1-3H3. The highest BCUT2D eigenvalue weighted by atomic mass is 19.1. The number of amides is 1. The lowest BCUT2D eigenvalue weighted by Gasteiger charge is -2.25. The highest BCUT2D eigenvalue weighted by Gasteiger charge is 2.36. The summed E-state index contributed by atoms with van der Waals surface area (Å²) in [6.45, 7) is 6.93. The summed E-state index contributed by atoms with van der Waals surface area (Å²) in [6.07, 6.45) is 1.86. The first-order valence-electron chi connectivity index (χ1n) is 7.31. The SMILES string of the molecule is CC(C)CCCN1C(=O)C(C)NC1c1cccc(F)c1. The number of halogens is 1. The molecule has 3 nitrogen and oxygen atoms in total. The molecule has 2 unspecified atom stereocenters. The monoisotopic (exact) mass is 278 g/mol. The number of hydrogen-bond acceptors (Lipinski definition) is 2. The lowest BCUT2D eigenvalue weighted by molar-refractivity contribution is -0.129. The van der Waals surface area contributed by atoms with Crippen molar-refractivity contribution in [2.75, 3.05) is 6.54 Å². The minimum absolute atomic E-state index is 0.100. The highest BCUT2D eigenvalue weighted by Crippen LogP contribution is 2.26. The number of rotatable bonds is 5. The molecule has 0 aromatic heterocycles. The molecule has 0 radical (unpaired) electrons. The second-order valence-electron chi connectivity index (χ2n) is 5.91. The van der Waals surface area contributed by atoms with E-state index in [4.69, 9.17) is 0 Å². The molecule has 1 fully saturated rings. The molecule has 2 atom stereocenters. The van der Waals surface area contributed by atoms with Crippen LogP contribution in [-0.4, -0.2) is 23.4 Å². The largest absolute Gasteiger partial charge is 0.322 e. The Morgan fingerprint density at radius 1 is 1.40 bits per heavy atom. The van der Waals surface area contributed by atoms with Crippen LogP contribution >= 0.6 is 0 Å². The molecule has 0 spiro atoms. The third-order valence-corrected chi connectivity index (χ3v) is 3.72. The zero-order valence-electron chi connectivity index (χ0n) is 12.4. The van der Waals surface area contributed by atoms with E-state index >= 15 is 0 Å². The summed E-state index contributed by atoms with van der Waals surface area (Å²) in [6, 6.07) is 6.26. The second kappa shape index (κ2) is 6.35. The number of nitrogens with zero attached hydrogens (tertiary/aromatic N) is 1. The van der Waals surface area contributed by atoms with Gasteiger partial charge < -0.3 is 4.90 Å². The van der Waals surface area contributed by atoms with E-state index in [0.717, 1.165) is 24.9 Å². The summed E-state index contributed by atoms with van der Waals surface area (Å²) in [5.74, 6) is 0.465. The fourth-order valence-electron chi connectivity index (χ4n) is 2.64. The number of carbonyl (C=O) groups is 1. The van der Waals surface area contributed by atoms with Gasteiger partial charge in [-0.3, -0.25) is 10.1 Å². The van der Waals surface area contributed by atoms with Gasteiger partial charge in [-0.25, -0.2) is 4.39 Å². The number of nitrogens with one attached hydrogen (secondary N) is 1. The summed E-state index contributed by atoms with van der Waals surface area (Å²) in [7, 11) is 0. The maximum absolute atomic E-state index is 13.4. The van der Waals surface area contributed by atoms with Gasteiger partial charge in [-0.15, -0.1) is 0 Å². The minimum atomic E-state index is -0.265. The van der Waals surface area contributed by atoms with Crippen LogP contribution in [0.1, 0.15) is 45.3 Å². The maximum Gasteiger partial charge on any atom is 0.241 e. The van der Waals surface area contributed by atoms with Gasteiger partial charge in [0.25, 0.3) is 0 Å². The van der Waals surface area contributed by atoms with Crippen LogP contribution in [0.15, 0.2) is 24.3 Å². The lowest BCUT2D eigenvalue weighted by Crippen LogP contribution is -2.31. The van der Waals surface area contributed by atoms with Crippen molar-refractivity contribution >= 4 is 5.91 Å². The van der Waals surface area contributed by atoms with Crippen LogP contribution in [0.4, 0.5) is 4.39 Å². The molecule has 2 rings (SSSR count). The topological polar surface area (TPSA) is 32.3 Å². The van der Waals surface area contributed by atoms with Crippen LogP contribution < -0.4 is 5.32 Å². The molecule has 1 saturated heterocycles. The van der Waals surface area contributed by atoms with E-state index in [2.05, 4.69) is 19.2 Å². The van der Waals surface area contributed by atoms with Crippen LogP contribution in [0.2, 0.25) is 0 Å². The quantitative estimate of drug-likeness (QED) is 0.897. The molecule has 110 valence electrons. The highest BCUT2D eigenvalue weighted by molar-refractivity contribution is 5.84. The van der Waals surface area contributed by atoms with Gasteiger partial charge in [-0.1, -0.05) is 26.0 Å². The zero-order chi connectivity index (χ0) is 14.7. The molecule has 1 heterocycles. The molecule has 0 bridgehead atoms. The molecule has 1 aliphatic rings. The van der Waals surface area contributed by atoms with Crippen LogP contribution in [0.25, 0.3) is 0 Å². The maximum atomic E-state index is 13.4. The van der Waals surface area contributed by atoms with Crippen LogP contribution in [0, 0.1) is 11.7 Å². The molecule has 4 heteroatoms. The zero-order valence-corrected chi connectivity index (χ0v) is 12.4. The summed E-state index contributed by atoms with van der Waals surface area (Å²) in [5, 5.41) is 3.25. The Labute approximate surface area is 120 Å². The van der Waals surface area contributed by atoms with Crippen LogP contribution in [0.3, 0.4) is 0 Å². The summed E-state index contributed by atoms with van der Waals surface area (Å²) >= 11 is 0. The van der Waals surface area contributed by atoms with Crippen molar-refractivity contribution in [1.29, 1.82) is 0 Å². The van der Waals surface area contributed by atoms with E-state index < -0.39 is 0 Å². The average molecular weight is 278 g/mol. The van der Waals surface area contributed by atoms with E-state index in [1.54, 1.807) is 6.07 Å². The van der Waals surface area contributed by atoms with Gasteiger partial charge in [0, 0.05) is 6.54 Å². The van der Waals surface area contributed by atoms with Gasteiger partial charge in [0.05, 0.1) is 6.04 Å². The van der Waals surface area contributed by atoms with Crippen molar-refractivity contribution in [3.05, 3.63) is 35.6 Å². The minimum Gasteiger partial charge on any atom is -0.322 e. The van der Waals surface area contributed by atoms with E-state index in [9.17, 15) is 9.18 Å². The first-order valence-corrected chi connectivity index (χ1v) is 7.31. The third kappa shape index (κ3) is 3.37. The Kier molecular flexibility index (Phi) is 4.76. The smallest absolute Gasteiger partial charge is 0.241 e. The molecule has 1 aromatic carbocycles. The molecule has 0 aliphatic carbocycles. The van der Waals surface area contributed by atoms with Crippen molar-refractivity contribution in [1.82, 2.24) is 10.2 Å². The van der Waals surface area contributed by atoms with Gasteiger partial charge in [-0.05, 0) is 43.4 Å². The van der Waals surface area contributed by atoms with Gasteiger partial charge in [0.15, 0.2) is 0 Å². The predicted molar refractivity (Wildman–Crippen MR) is 77.5 cm³/mol. The molecular formula is C16H23FN2O. The Hall–Kier alpha value is -1.42. The Morgan fingerprint density at radius 3 is 2.80 bits per heavy atom. The van der Waals surface area contributed by atoms with Crippen molar-refractivity contribution in [3.63, 3.8) is 0 Å². The Balaban J connectivity index is 2.11. The van der Waals surface area contributed by atoms with Crippen LogP contribution in [0.5, 0.6) is 0 Å². The number of hydrogen-bond donors (Lipinski definition) is 1. The summed E-state index contributed by atoms with van der Waals surface area (Å²) in [5.41, 5.74) is 0.812. The molecule has 0 saturated carbocycles. The van der Waals surface area contributed by atoms with Gasteiger partial charge in [0.1, 0.15) is 12.0 Å². The summed E-state index contributed by atoms with van der Waals surface area (Å²) in [4.78, 5) is 14.1. The van der Waals surface area contributed by atoms with E-state index in [-0.39, 0.29) is 23.9 Å². The molecule has 1 amide bonds. The fourth-order valence-corrected chi connectivity index (χ4v) is 2.64. The van der Waals surface area contributed by atoms with E-state index in [0.29, 0.717) is 5.92 Å². The van der Waals surface area contributed by atoms with Gasteiger partial charge in [0.2, 0.25) is 5.91 Å². The van der Waals surface area contributed by atoms with E-state index in [1.807, 2.05) is 17.9 Å². The molecule has 1 aromatic rings. The first-order chi connectivity index (χ1) is 9.49. The molecular weight excluding hydrogens is 255 g/mol. The summed E-state index contributed by atoms with van der Waals surface area (Å²) < 4.78 is 13.4. The lowest BCUT2D eigenvalue weighted by atomic mass is 10.1. The first kappa shape index (κ1) is 15.0. The fraction of sp³-hybridized carbons (Fsp3) is 0.562. The average Bonchev–Trinajstić information content (AvgIpc) is 2.66. The van der Waals surface area contributed by atoms with Gasteiger partial charge >= 0.3 is 0 Å². The normalized spacial score (nSPS) is 22.9. The Morgan fingerprint density at radius 2 is 2.15 bits per heavy atom. The van der Waals surface area contributed by atoms with Crippen molar-refractivity contribution < 1.29 is 9.18 Å². The predicted octanol–water partition coefficient (Wildman–Crippen LogP) is 3.08. The third-order valence-electron chi connectivity index (χ3n) is 3.72. The molecule has 20 heavy (non-hydrogen) atoms. The molecule has 1 N–H and O–H groups in total. The van der Waals surface area contributed by atoms with Crippen molar-refractivity contribution in [2.45, 2.75) is 45.8 Å². The van der Waals surface area contributed by atoms with Crippen molar-refractivity contribution in [2.24, 2.45) is 5.92 Å². The van der Waals surface area contributed by atoms with Gasteiger partial charge in [-0.2, -0.15) is 0 Å². The second-order valence-corrected chi connectivity index (χ2v) is 5.91. The van der Waals surface area contributed by atoms with E-state index in [1.165, 1.54) is 12.1 Å². The molecule has 1 aliphatic heterocycles.